The molecule has 0 radical (unpaired) electrons. The summed E-state index contributed by atoms with van der Waals surface area (Å²) in [5, 5.41) is 9.20. The number of nitrogens with zero attached hydrogens (tertiary/aromatic N) is 1. The molecule has 0 saturated carbocycles. The largest absolute Gasteiger partial charge is 0.493 e. The average molecular weight is 482 g/mol. The van der Waals surface area contributed by atoms with Crippen LogP contribution in [0.2, 0.25) is 0 Å². The summed E-state index contributed by atoms with van der Waals surface area (Å²) in [4.78, 5) is 3.69. The van der Waals surface area contributed by atoms with Crippen molar-refractivity contribution in [3.63, 3.8) is 0 Å². The maximum Gasteiger partial charge on any atom is 0.203 e. The molecule has 0 aliphatic carbocycles. The first kappa shape index (κ1) is 24.1. The molecular formula is C27H31NO5S. The van der Waals surface area contributed by atoms with Gasteiger partial charge in [0.1, 0.15) is 12.4 Å². The lowest BCUT2D eigenvalue weighted by atomic mass is 10.1. The van der Waals surface area contributed by atoms with Crippen molar-refractivity contribution in [2.24, 2.45) is 0 Å². The van der Waals surface area contributed by atoms with E-state index in [9.17, 15) is 0 Å². The molecule has 6 nitrogen and oxygen atoms in total. The fourth-order valence-electron chi connectivity index (χ4n) is 4.18. The highest BCUT2D eigenvalue weighted by molar-refractivity contribution is 7.99. The van der Waals surface area contributed by atoms with Crippen LogP contribution in [0.25, 0.3) is 0 Å². The second-order valence-electron chi connectivity index (χ2n) is 7.96. The fraction of sp³-hybridized carbons (Fsp3) is 0.333. The van der Waals surface area contributed by atoms with Crippen LogP contribution in [0.15, 0.2) is 65.6 Å². The predicted molar refractivity (Wildman–Crippen MR) is 136 cm³/mol. The first-order valence-electron chi connectivity index (χ1n) is 11.3. The van der Waals surface area contributed by atoms with Gasteiger partial charge < -0.3 is 29.0 Å². The summed E-state index contributed by atoms with van der Waals surface area (Å²) in [6.45, 7) is 2.03. The number of hydrogen-bond donors (Lipinski definition) is 1. The SMILES string of the molecule is COc1cc([C@@H]2CCN(Cc3ccc(OCCO)cc3)c3ccccc3S2)cc(OC)c1OC. The van der Waals surface area contributed by atoms with Crippen LogP contribution in [0.1, 0.15) is 22.8 Å². The molecule has 180 valence electrons. The maximum absolute atomic E-state index is 8.95. The lowest BCUT2D eigenvalue weighted by Gasteiger charge is -2.25. The molecule has 1 atom stereocenters. The molecule has 1 aliphatic heterocycles. The molecule has 0 amide bonds. The zero-order chi connectivity index (χ0) is 23.9. The molecule has 0 fully saturated rings. The van der Waals surface area contributed by atoms with Crippen LogP contribution >= 0.6 is 11.8 Å². The topological polar surface area (TPSA) is 60.4 Å². The Balaban J connectivity index is 1.59. The van der Waals surface area contributed by atoms with Crippen LogP contribution in [0, 0.1) is 0 Å². The Morgan fingerprint density at radius 1 is 0.941 bits per heavy atom. The van der Waals surface area contributed by atoms with Gasteiger partial charge in [-0.15, -0.1) is 11.8 Å². The number of methoxy groups -OCH3 is 3. The summed E-state index contributed by atoms with van der Waals surface area (Å²) >= 11 is 1.87. The third-order valence-electron chi connectivity index (χ3n) is 5.85. The molecule has 0 bridgehead atoms. The van der Waals surface area contributed by atoms with Gasteiger partial charge in [-0.25, -0.2) is 0 Å². The Labute approximate surface area is 205 Å². The molecule has 3 aromatic rings. The third-order valence-corrected chi connectivity index (χ3v) is 7.24. The number of benzene rings is 3. The number of rotatable bonds is 9. The zero-order valence-electron chi connectivity index (χ0n) is 19.8. The van der Waals surface area contributed by atoms with Crippen LogP contribution in [0.5, 0.6) is 23.0 Å². The van der Waals surface area contributed by atoms with E-state index in [1.807, 2.05) is 23.9 Å². The van der Waals surface area contributed by atoms with Crippen molar-refractivity contribution in [1.82, 2.24) is 0 Å². The number of anilines is 1. The van der Waals surface area contributed by atoms with Crippen molar-refractivity contribution < 1.29 is 24.1 Å². The van der Waals surface area contributed by atoms with Gasteiger partial charge in [0.25, 0.3) is 0 Å². The quantitative estimate of drug-likeness (QED) is 0.443. The van der Waals surface area contributed by atoms with Crippen LogP contribution in [0.3, 0.4) is 0 Å². The maximum atomic E-state index is 8.95. The first-order valence-corrected chi connectivity index (χ1v) is 12.2. The van der Waals surface area contributed by atoms with Gasteiger partial charge in [-0.3, -0.25) is 0 Å². The Bertz CT molecular complexity index is 1060. The average Bonchev–Trinajstić information content (AvgIpc) is 3.07. The van der Waals surface area contributed by atoms with Gasteiger partial charge in [-0.05, 0) is 53.9 Å². The summed E-state index contributed by atoms with van der Waals surface area (Å²) < 4.78 is 22.2. The highest BCUT2D eigenvalue weighted by Gasteiger charge is 2.25. The number of aliphatic hydroxyl groups is 1. The number of hydrogen-bond acceptors (Lipinski definition) is 7. The van der Waals surface area contributed by atoms with Gasteiger partial charge in [0.05, 0.1) is 33.6 Å². The molecule has 34 heavy (non-hydrogen) atoms. The van der Waals surface area contributed by atoms with Gasteiger partial charge in [-0.1, -0.05) is 24.3 Å². The van der Waals surface area contributed by atoms with E-state index in [2.05, 4.69) is 53.4 Å². The van der Waals surface area contributed by atoms with Crippen molar-refractivity contribution in [2.45, 2.75) is 23.1 Å². The normalized spacial score (nSPS) is 15.3. The molecule has 1 heterocycles. The molecule has 0 spiro atoms. The molecule has 0 saturated heterocycles. The number of thioether (sulfide) groups is 1. The smallest absolute Gasteiger partial charge is 0.203 e. The highest BCUT2D eigenvalue weighted by atomic mass is 32.2. The minimum absolute atomic E-state index is 0.0110. The van der Waals surface area contributed by atoms with Crippen LogP contribution in [-0.4, -0.2) is 46.2 Å². The van der Waals surface area contributed by atoms with E-state index in [0.29, 0.717) is 23.9 Å². The molecule has 1 aliphatic rings. The van der Waals surface area contributed by atoms with Gasteiger partial charge >= 0.3 is 0 Å². The van der Waals surface area contributed by atoms with Crippen molar-refractivity contribution in [1.29, 1.82) is 0 Å². The molecule has 0 unspecified atom stereocenters. The number of aliphatic hydroxyl groups excluding tert-OH is 1. The van der Waals surface area contributed by atoms with E-state index in [0.717, 1.165) is 30.8 Å². The lowest BCUT2D eigenvalue weighted by Crippen LogP contribution is -2.23. The first-order chi connectivity index (χ1) is 16.7. The summed E-state index contributed by atoms with van der Waals surface area (Å²) in [6.07, 6.45) is 0.968. The fourth-order valence-corrected chi connectivity index (χ4v) is 5.46. The standard InChI is InChI=1S/C27H31NO5S/c1-30-23-16-20(17-24(31-2)27(23)32-3)25-12-13-28(22-6-4-5-7-26(22)34-25)18-19-8-10-21(11-9-19)33-15-14-29/h4-11,16-17,25,29H,12-15,18H2,1-3H3/t25-/m0/s1. The molecule has 3 aromatic carbocycles. The van der Waals surface area contributed by atoms with Crippen LogP contribution in [-0.2, 0) is 6.54 Å². The predicted octanol–water partition coefficient (Wildman–Crippen LogP) is 5.33. The zero-order valence-corrected chi connectivity index (χ0v) is 20.6. The highest BCUT2D eigenvalue weighted by Crippen LogP contribution is 2.48. The van der Waals surface area contributed by atoms with Gasteiger partial charge in [-0.2, -0.15) is 0 Å². The van der Waals surface area contributed by atoms with E-state index in [1.165, 1.54) is 16.1 Å². The van der Waals surface area contributed by atoms with Crippen molar-refractivity contribution in [3.8, 4) is 23.0 Å². The van der Waals surface area contributed by atoms with Gasteiger partial charge in [0.15, 0.2) is 11.5 Å². The Morgan fingerprint density at radius 2 is 1.65 bits per heavy atom. The van der Waals surface area contributed by atoms with E-state index < -0.39 is 0 Å². The Kier molecular flexibility index (Phi) is 8.08. The lowest BCUT2D eigenvalue weighted by molar-refractivity contribution is 0.201. The number of ether oxygens (including phenoxy) is 4. The monoisotopic (exact) mass is 481 g/mol. The van der Waals surface area contributed by atoms with Crippen molar-refractivity contribution in [2.75, 3.05) is 46.0 Å². The molecule has 0 aromatic heterocycles. The van der Waals surface area contributed by atoms with Gasteiger partial charge in [0, 0.05) is 23.2 Å². The summed E-state index contributed by atoms with van der Waals surface area (Å²) in [6, 6.07) is 20.8. The van der Waals surface area contributed by atoms with Crippen LogP contribution < -0.4 is 23.8 Å². The summed E-state index contributed by atoms with van der Waals surface area (Å²) in [5.74, 6) is 2.73. The molecular weight excluding hydrogens is 450 g/mol. The second-order valence-corrected chi connectivity index (χ2v) is 9.20. The van der Waals surface area contributed by atoms with Crippen LogP contribution in [0.4, 0.5) is 5.69 Å². The van der Waals surface area contributed by atoms with E-state index in [-0.39, 0.29) is 11.9 Å². The minimum atomic E-state index is 0.0110. The summed E-state index contributed by atoms with van der Waals surface area (Å²) in [5.41, 5.74) is 3.60. The molecule has 4 rings (SSSR count). The van der Waals surface area contributed by atoms with Crippen molar-refractivity contribution in [3.05, 3.63) is 71.8 Å². The van der Waals surface area contributed by atoms with Gasteiger partial charge in [0.2, 0.25) is 5.75 Å². The third kappa shape index (κ3) is 5.37. The Morgan fingerprint density at radius 3 is 2.29 bits per heavy atom. The van der Waals surface area contributed by atoms with E-state index in [1.54, 1.807) is 21.3 Å². The number of para-hydroxylation sites is 1. The number of fused-ring (bicyclic) bond motifs is 1. The summed E-state index contributed by atoms with van der Waals surface area (Å²) in [7, 11) is 4.93. The second kappa shape index (κ2) is 11.4. The van der Waals surface area contributed by atoms with E-state index in [4.69, 9.17) is 24.1 Å². The Hall–Kier alpha value is -3.03. The molecule has 1 N–H and O–H groups in total. The van der Waals surface area contributed by atoms with E-state index >= 15 is 0 Å². The van der Waals surface area contributed by atoms with Crippen molar-refractivity contribution >= 4 is 17.4 Å². The molecule has 7 heteroatoms. The minimum Gasteiger partial charge on any atom is -0.493 e.